The number of benzene rings is 2. The average molecular weight is 367 g/mol. The van der Waals surface area contributed by atoms with Crippen molar-refractivity contribution in [2.45, 2.75) is 13.3 Å². The van der Waals surface area contributed by atoms with Crippen LogP contribution < -0.4 is 4.90 Å². The Hall–Kier alpha value is -2.20. The number of fused-ring (bicyclic) bond motifs is 2. The third kappa shape index (κ3) is 2.43. The minimum atomic E-state index is 0.0108. The van der Waals surface area contributed by atoms with Crippen molar-refractivity contribution in [3.63, 3.8) is 0 Å². The highest BCUT2D eigenvalue weighted by Gasteiger charge is 2.27. The minimum Gasteiger partial charge on any atom is -0.292 e. The van der Waals surface area contributed by atoms with Crippen LogP contribution in [0.4, 0.5) is 5.82 Å². The van der Waals surface area contributed by atoms with Crippen LogP contribution in [0, 0.1) is 6.92 Å². The molecule has 2 heterocycles. The van der Waals surface area contributed by atoms with E-state index in [1.807, 2.05) is 30.3 Å². The van der Waals surface area contributed by atoms with Gasteiger partial charge in [0.05, 0.1) is 5.52 Å². The first-order chi connectivity index (χ1) is 11.1. The summed E-state index contributed by atoms with van der Waals surface area (Å²) >= 11 is 3.40. The van der Waals surface area contributed by atoms with Crippen molar-refractivity contribution in [3.8, 4) is 0 Å². The molecule has 0 unspecified atom stereocenters. The molecule has 23 heavy (non-hydrogen) atoms. The Morgan fingerprint density at radius 2 is 1.96 bits per heavy atom. The zero-order chi connectivity index (χ0) is 16.0. The second-order valence-corrected chi connectivity index (χ2v) is 6.75. The third-order valence-electron chi connectivity index (χ3n) is 4.30. The molecule has 1 aliphatic rings. The largest absolute Gasteiger partial charge is 0.292 e. The number of rotatable bonds is 1. The van der Waals surface area contributed by atoms with Crippen molar-refractivity contribution in [1.82, 2.24) is 4.98 Å². The first kappa shape index (κ1) is 14.4. The maximum atomic E-state index is 12.8. The smallest absolute Gasteiger partial charge is 0.259 e. The molecule has 0 saturated carbocycles. The summed E-state index contributed by atoms with van der Waals surface area (Å²) in [6, 6.07) is 15.8. The van der Waals surface area contributed by atoms with Gasteiger partial charge in [-0.1, -0.05) is 34.1 Å². The van der Waals surface area contributed by atoms with Gasteiger partial charge < -0.3 is 0 Å². The first-order valence-electron chi connectivity index (χ1n) is 7.60. The number of nitrogens with zero attached hydrogens (tertiary/aromatic N) is 2. The molecular weight excluding hydrogens is 352 g/mol. The van der Waals surface area contributed by atoms with Crippen LogP contribution in [0.3, 0.4) is 0 Å². The summed E-state index contributed by atoms with van der Waals surface area (Å²) in [5.41, 5.74) is 3.94. The number of aryl methyl sites for hydroxylation is 1. The van der Waals surface area contributed by atoms with Crippen LogP contribution in [0.1, 0.15) is 21.5 Å². The maximum absolute atomic E-state index is 12.8. The van der Waals surface area contributed by atoms with Gasteiger partial charge in [0.15, 0.2) is 0 Å². The lowest BCUT2D eigenvalue weighted by Crippen LogP contribution is -2.29. The Kier molecular flexibility index (Phi) is 3.42. The summed E-state index contributed by atoms with van der Waals surface area (Å²) in [7, 11) is 0. The first-order valence-corrected chi connectivity index (χ1v) is 8.39. The summed E-state index contributed by atoms with van der Waals surface area (Å²) in [6.45, 7) is 2.74. The van der Waals surface area contributed by atoms with E-state index in [9.17, 15) is 4.79 Å². The van der Waals surface area contributed by atoms with Crippen molar-refractivity contribution in [2.24, 2.45) is 0 Å². The standard InChI is InChI=1S/C19H15BrN2O/c1-12-3-2-4-14-11-15-9-10-22(18(15)21-17(12)14)19(23)13-5-7-16(20)8-6-13/h2-8,11H,9-10H2,1H3. The molecule has 1 aliphatic heterocycles. The average Bonchev–Trinajstić information content (AvgIpc) is 2.96. The van der Waals surface area contributed by atoms with Crippen LogP contribution in [-0.4, -0.2) is 17.4 Å². The predicted octanol–water partition coefficient (Wildman–Crippen LogP) is 4.51. The lowest BCUT2D eigenvalue weighted by atomic mass is 10.1. The molecule has 3 nitrogen and oxygen atoms in total. The van der Waals surface area contributed by atoms with Crippen molar-refractivity contribution in [1.29, 1.82) is 0 Å². The number of para-hydroxylation sites is 1. The summed E-state index contributed by atoms with van der Waals surface area (Å²) < 4.78 is 0.968. The van der Waals surface area contributed by atoms with E-state index in [0.717, 1.165) is 38.7 Å². The zero-order valence-electron chi connectivity index (χ0n) is 12.7. The summed E-state index contributed by atoms with van der Waals surface area (Å²) in [5, 5.41) is 1.14. The normalized spacial score (nSPS) is 13.4. The van der Waals surface area contributed by atoms with Crippen molar-refractivity contribution < 1.29 is 4.79 Å². The van der Waals surface area contributed by atoms with Crippen molar-refractivity contribution in [2.75, 3.05) is 11.4 Å². The van der Waals surface area contributed by atoms with Gasteiger partial charge in [-0.05, 0) is 54.8 Å². The Morgan fingerprint density at radius 3 is 2.74 bits per heavy atom. The van der Waals surface area contributed by atoms with Crippen LogP contribution >= 0.6 is 15.9 Å². The number of amides is 1. The molecule has 114 valence electrons. The van der Waals surface area contributed by atoms with Gasteiger partial charge in [0.2, 0.25) is 0 Å². The lowest BCUT2D eigenvalue weighted by molar-refractivity contribution is 0.0989. The number of halogens is 1. The van der Waals surface area contributed by atoms with Gasteiger partial charge >= 0.3 is 0 Å². The van der Waals surface area contributed by atoms with Gasteiger partial charge in [-0.25, -0.2) is 4.98 Å². The van der Waals surface area contributed by atoms with Gasteiger partial charge in [-0.3, -0.25) is 9.69 Å². The SMILES string of the molecule is Cc1cccc2cc3c(nc12)N(C(=O)c1ccc(Br)cc1)CC3. The van der Waals surface area contributed by atoms with E-state index in [2.05, 4.69) is 41.1 Å². The molecule has 4 rings (SSSR count). The number of anilines is 1. The van der Waals surface area contributed by atoms with E-state index in [1.165, 1.54) is 0 Å². The molecule has 2 aromatic carbocycles. The lowest BCUT2D eigenvalue weighted by Gasteiger charge is -2.17. The van der Waals surface area contributed by atoms with Crippen LogP contribution in [-0.2, 0) is 6.42 Å². The molecule has 0 saturated heterocycles. The Labute approximate surface area is 143 Å². The van der Waals surface area contributed by atoms with Crippen molar-refractivity contribution in [3.05, 3.63) is 69.7 Å². The molecular formula is C19H15BrN2O. The molecule has 0 spiro atoms. The highest BCUT2D eigenvalue weighted by molar-refractivity contribution is 9.10. The number of carbonyl (C=O) groups excluding carboxylic acids is 1. The van der Waals surface area contributed by atoms with Gasteiger partial charge in [0.25, 0.3) is 5.91 Å². The van der Waals surface area contributed by atoms with Crippen LogP contribution in [0.25, 0.3) is 10.9 Å². The Bertz CT molecular complexity index is 919. The fourth-order valence-electron chi connectivity index (χ4n) is 3.08. The van der Waals surface area contributed by atoms with Gasteiger partial charge in [-0.15, -0.1) is 0 Å². The quantitative estimate of drug-likeness (QED) is 0.634. The molecule has 0 atom stereocenters. The molecule has 0 radical (unpaired) electrons. The van der Waals surface area contributed by atoms with Crippen LogP contribution in [0.5, 0.6) is 0 Å². The van der Waals surface area contributed by atoms with E-state index in [4.69, 9.17) is 4.98 Å². The number of pyridine rings is 1. The summed E-state index contributed by atoms with van der Waals surface area (Å²) in [5.74, 6) is 0.816. The molecule has 1 amide bonds. The minimum absolute atomic E-state index is 0.0108. The molecule has 3 aromatic rings. The summed E-state index contributed by atoms with van der Waals surface area (Å²) in [6.07, 6.45) is 0.856. The zero-order valence-corrected chi connectivity index (χ0v) is 14.3. The van der Waals surface area contributed by atoms with E-state index in [1.54, 1.807) is 4.90 Å². The predicted molar refractivity (Wildman–Crippen MR) is 96.0 cm³/mol. The Balaban J connectivity index is 1.79. The second kappa shape index (κ2) is 5.46. The van der Waals surface area contributed by atoms with Gasteiger partial charge in [0.1, 0.15) is 5.82 Å². The maximum Gasteiger partial charge on any atom is 0.259 e. The van der Waals surface area contributed by atoms with E-state index in [0.29, 0.717) is 12.1 Å². The van der Waals surface area contributed by atoms with E-state index in [-0.39, 0.29) is 5.91 Å². The van der Waals surface area contributed by atoms with E-state index < -0.39 is 0 Å². The third-order valence-corrected chi connectivity index (χ3v) is 4.83. The molecule has 4 heteroatoms. The highest BCUT2D eigenvalue weighted by atomic mass is 79.9. The molecule has 0 bridgehead atoms. The fourth-order valence-corrected chi connectivity index (χ4v) is 3.35. The number of carbonyl (C=O) groups is 1. The number of hydrogen-bond donors (Lipinski definition) is 0. The molecule has 0 fully saturated rings. The topological polar surface area (TPSA) is 33.2 Å². The van der Waals surface area contributed by atoms with Crippen molar-refractivity contribution >= 4 is 38.6 Å². The van der Waals surface area contributed by atoms with Gasteiger partial charge in [0, 0.05) is 22.0 Å². The van der Waals surface area contributed by atoms with Gasteiger partial charge in [-0.2, -0.15) is 0 Å². The number of aromatic nitrogens is 1. The second-order valence-electron chi connectivity index (χ2n) is 5.83. The van der Waals surface area contributed by atoms with Crippen LogP contribution in [0.15, 0.2) is 53.0 Å². The van der Waals surface area contributed by atoms with Crippen LogP contribution in [0.2, 0.25) is 0 Å². The molecule has 0 aliphatic carbocycles. The number of hydrogen-bond acceptors (Lipinski definition) is 2. The molecule has 0 N–H and O–H groups in total. The highest BCUT2D eigenvalue weighted by Crippen LogP contribution is 2.31. The fraction of sp³-hybridized carbons (Fsp3) is 0.158. The van der Waals surface area contributed by atoms with E-state index >= 15 is 0 Å². The summed E-state index contributed by atoms with van der Waals surface area (Å²) in [4.78, 5) is 19.4. The monoisotopic (exact) mass is 366 g/mol. The Morgan fingerprint density at radius 1 is 1.17 bits per heavy atom. The molecule has 1 aromatic heterocycles.